The van der Waals surface area contributed by atoms with Crippen LogP contribution < -0.4 is 5.43 Å². The number of fused-ring (bicyclic) bond motifs is 1. The molecule has 0 spiro atoms. The molecule has 114 valence electrons. The van der Waals surface area contributed by atoms with Crippen molar-refractivity contribution in [3.63, 3.8) is 0 Å². The number of para-hydroxylation sites is 1. The first-order chi connectivity index (χ1) is 11.3. The van der Waals surface area contributed by atoms with Gasteiger partial charge in [-0.1, -0.05) is 18.2 Å². The number of aromatic nitrogens is 1. The first-order valence-corrected chi connectivity index (χ1v) is 8.51. The molecule has 0 bridgehead atoms. The van der Waals surface area contributed by atoms with Crippen LogP contribution in [0.5, 0.6) is 0 Å². The van der Waals surface area contributed by atoms with Crippen LogP contribution in [0.25, 0.3) is 10.9 Å². The standard InChI is InChI=1S/C18H15N3OS/c22-18(21-19-10-12-7-8-23-11-12)15-9-17(13-5-6-13)20-16-4-2-1-3-14(15)16/h1-4,7-11,13H,5-6H2,(H,21,22)/b19-10-. The average Bonchev–Trinajstić information content (AvgIpc) is 3.31. The summed E-state index contributed by atoms with van der Waals surface area (Å²) in [6.45, 7) is 0. The molecule has 1 aliphatic carbocycles. The van der Waals surface area contributed by atoms with E-state index in [0.717, 1.165) is 35.0 Å². The first-order valence-electron chi connectivity index (χ1n) is 7.56. The number of nitrogens with zero attached hydrogens (tertiary/aromatic N) is 2. The molecule has 0 aliphatic heterocycles. The maximum atomic E-state index is 12.5. The molecular formula is C18H15N3OS. The van der Waals surface area contributed by atoms with E-state index in [1.807, 2.05) is 47.2 Å². The molecule has 1 amide bonds. The molecule has 3 aromatic rings. The predicted octanol–water partition coefficient (Wildman–Crippen LogP) is 3.94. The third kappa shape index (κ3) is 3.00. The van der Waals surface area contributed by atoms with E-state index in [-0.39, 0.29) is 5.91 Å². The number of carbonyl (C=O) groups is 1. The summed E-state index contributed by atoms with van der Waals surface area (Å²) in [7, 11) is 0. The van der Waals surface area contributed by atoms with E-state index in [4.69, 9.17) is 0 Å². The zero-order valence-electron chi connectivity index (χ0n) is 12.4. The summed E-state index contributed by atoms with van der Waals surface area (Å²) >= 11 is 1.60. The van der Waals surface area contributed by atoms with E-state index < -0.39 is 0 Å². The lowest BCUT2D eigenvalue weighted by Gasteiger charge is -2.08. The third-order valence-electron chi connectivity index (χ3n) is 3.90. The van der Waals surface area contributed by atoms with Crippen LogP contribution in [-0.4, -0.2) is 17.1 Å². The van der Waals surface area contributed by atoms with Crippen LogP contribution in [0.3, 0.4) is 0 Å². The minimum Gasteiger partial charge on any atom is -0.267 e. The monoisotopic (exact) mass is 321 g/mol. The fourth-order valence-corrected chi connectivity index (χ4v) is 3.16. The van der Waals surface area contributed by atoms with Gasteiger partial charge in [0.05, 0.1) is 17.3 Å². The minimum absolute atomic E-state index is 0.197. The van der Waals surface area contributed by atoms with Crippen molar-refractivity contribution in [2.75, 3.05) is 0 Å². The van der Waals surface area contributed by atoms with Gasteiger partial charge in [-0.3, -0.25) is 9.78 Å². The predicted molar refractivity (Wildman–Crippen MR) is 93.1 cm³/mol. The van der Waals surface area contributed by atoms with Gasteiger partial charge in [0.2, 0.25) is 0 Å². The number of benzene rings is 1. The molecule has 0 radical (unpaired) electrons. The molecule has 1 aromatic carbocycles. The molecule has 2 heterocycles. The number of hydrogen-bond acceptors (Lipinski definition) is 4. The third-order valence-corrected chi connectivity index (χ3v) is 4.60. The topological polar surface area (TPSA) is 54.4 Å². The second kappa shape index (κ2) is 5.93. The Hall–Kier alpha value is -2.53. The zero-order chi connectivity index (χ0) is 15.6. The molecule has 5 heteroatoms. The maximum Gasteiger partial charge on any atom is 0.272 e. The molecule has 2 aromatic heterocycles. The quantitative estimate of drug-likeness (QED) is 0.584. The number of pyridine rings is 1. The molecule has 4 rings (SSSR count). The molecule has 1 N–H and O–H groups in total. The Labute approximate surface area is 137 Å². The highest BCUT2D eigenvalue weighted by molar-refractivity contribution is 7.08. The number of amides is 1. The van der Waals surface area contributed by atoms with Gasteiger partial charge in [-0.15, -0.1) is 0 Å². The zero-order valence-corrected chi connectivity index (χ0v) is 13.2. The molecule has 23 heavy (non-hydrogen) atoms. The fraction of sp³-hybridized carbons (Fsp3) is 0.167. The lowest BCUT2D eigenvalue weighted by Crippen LogP contribution is -2.18. The smallest absolute Gasteiger partial charge is 0.267 e. The second-order valence-corrected chi connectivity index (χ2v) is 6.42. The number of nitrogens with one attached hydrogen (secondary N) is 1. The summed E-state index contributed by atoms with van der Waals surface area (Å²) in [6, 6.07) is 11.6. The minimum atomic E-state index is -0.197. The first kappa shape index (κ1) is 14.1. The molecule has 0 unspecified atom stereocenters. The van der Waals surface area contributed by atoms with Crippen molar-refractivity contribution in [3.05, 3.63) is 64.0 Å². The second-order valence-electron chi connectivity index (χ2n) is 5.64. The van der Waals surface area contributed by atoms with Crippen molar-refractivity contribution in [3.8, 4) is 0 Å². The van der Waals surface area contributed by atoms with Crippen molar-refractivity contribution >= 4 is 34.4 Å². The van der Waals surface area contributed by atoms with E-state index in [9.17, 15) is 4.79 Å². The van der Waals surface area contributed by atoms with Gasteiger partial charge in [-0.2, -0.15) is 16.4 Å². The van der Waals surface area contributed by atoms with Crippen LogP contribution in [0.4, 0.5) is 0 Å². The van der Waals surface area contributed by atoms with Gasteiger partial charge in [0.15, 0.2) is 0 Å². The Morgan fingerprint density at radius 2 is 2.17 bits per heavy atom. The Morgan fingerprint density at radius 1 is 1.30 bits per heavy atom. The van der Waals surface area contributed by atoms with Crippen LogP contribution in [0.1, 0.15) is 40.4 Å². The van der Waals surface area contributed by atoms with Gasteiger partial charge >= 0.3 is 0 Å². The van der Waals surface area contributed by atoms with E-state index in [1.54, 1.807) is 17.6 Å². The van der Waals surface area contributed by atoms with E-state index in [1.165, 1.54) is 0 Å². The molecule has 4 nitrogen and oxygen atoms in total. The van der Waals surface area contributed by atoms with Crippen molar-refractivity contribution in [1.82, 2.24) is 10.4 Å². The molecule has 1 saturated carbocycles. The molecule has 1 fully saturated rings. The summed E-state index contributed by atoms with van der Waals surface area (Å²) < 4.78 is 0. The van der Waals surface area contributed by atoms with E-state index in [0.29, 0.717) is 11.5 Å². The highest BCUT2D eigenvalue weighted by atomic mass is 32.1. The normalized spacial score (nSPS) is 14.4. The number of hydrazone groups is 1. The molecular weight excluding hydrogens is 306 g/mol. The van der Waals surface area contributed by atoms with Crippen molar-refractivity contribution in [2.24, 2.45) is 5.10 Å². The molecule has 0 saturated heterocycles. The van der Waals surface area contributed by atoms with E-state index >= 15 is 0 Å². The highest BCUT2D eigenvalue weighted by Crippen LogP contribution is 2.40. The lowest BCUT2D eigenvalue weighted by atomic mass is 10.1. The van der Waals surface area contributed by atoms with Crippen LogP contribution in [0, 0.1) is 0 Å². The summed E-state index contributed by atoms with van der Waals surface area (Å²) in [5.74, 6) is 0.303. The summed E-state index contributed by atoms with van der Waals surface area (Å²) in [5, 5.41) is 8.86. The lowest BCUT2D eigenvalue weighted by molar-refractivity contribution is 0.0956. The van der Waals surface area contributed by atoms with Crippen molar-refractivity contribution in [1.29, 1.82) is 0 Å². The van der Waals surface area contributed by atoms with Crippen molar-refractivity contribution in [2.45, 2.75) is 18.8 Å². The van der Waals surface area contributed by atoms with Gasteiger partial charge in [0.25, 0.3) is 5.91 Å². The highest BCUT2D eigenvalue weighted by Gasteiger charge is 2.26. The van der Waals surface area contributed by atoms with Crippen LogP contribution in [0.15, 0.2) is 52.3 Å². The van der Waals surface area contributed by atoms with Gasteiger partial charge in [-0.25, -0.2) is 5.43 Å². The summed E-state index contributed by atoms with van der Waals surface area (Å²) in [4.78, 5) is 17.2. The maximum absolute atomic E-state index is 12.5. The Morgan fingerprint density at radius 3 is 2.96 bits per heavy atom. The van der Waals surface area contributed by atoms with Gasteiger partial charge in [-0.05, 0) is 41.8 Å². The van der Waals surface area contributed by atoms with Gasteiger partial charge < -0.3 is 0 Å². The molecule has 1 aliphatic rings. The van der Waals surface area contributed by atoms with Gasteiger partial charge in [0.1, 0.15) is 0 Å². The Balaban J connectivity index is 1.65. The summed E-state index contributed by atoms with van der Waals surface area (Å²) in [5.41, 5.74) is 6.12. The SMILES string of the molecule is O=C(N/N=C\c1ccsc1)c1cc(C2CC2)nc2ccccc12. The Bertz CT molecular complexity index is 882. The van der Waals surface area contributed by atoms with Gasteiger partial charge in [0, 0.05) is 22.6 Å². The largest absolute Gasteiger partial charge is 0.272 e. The van der Waals surface area contributed by atoms with E-state index in [2.05, 4.69) is 15.5 Å². The van der Waals surface area contributed by atoms with Crippen LogP contribution in [0.2, 0.25) is 0 Å². The van der Waals surface area contributed by atoms with Crippen molar-refractivity contribution < 1.29 is 4.79 Å². The Kier molecular flexibility index (Phi) is 3.63. The number of carbonyl (C=O) groups excluding carboxylic acids is 1. The molecule has 0 atom stereocenters. The average molecular weight is 321 g/mol. The number of thiophene rings is 1. The van der Waals surface area contributed by atoms with Crippen LogP contribution in [-0.2, 0) is 0 Å². The van der Waals surface area contributed by atoms with Crippen LogP contribution >= 0.6 is 11.3 Å². The summed E-state index contributed by atoms with van der Waals surface area (Å²) in [6.07, 6.45) is 3.96. The number of hydrogen-bond donors (Lipinski definition) is 1. The number of rotatable bonds is 4. The fourth-order valence-electron chi connectivity index (χ4n) is 2.55.